The van der Waals surface area contributed by atoms with E-state index >= 15 is 0 Å². The Labute approximate surface area is 115 Å². The zero-order valence-corrected chi connectivity index (χ0v) is 11.5. The van der Waals surface area contributed by atoms with Crippen LogP contribution in [0.25, 0.3) is 0 Å². The molecule has 0 aliphatic carbocycles. The summed E-state index contributed by atoms with van der Waals surface area (Å²) in [6.45, 7) is 4.43. The van der Waals surface area contributed by atoms with E-state index in [0.717, 1.165) is 38.8 Å². The molecule has 0 radical (unpaired) electrons. The first kappa shape index (κ1) is 12.7. The molecule has 3 fully saturated rings. The van der Waals surface area contributed by atoms with Crippen LogP contribution in [0.3, 0.4) is 0 Å². The number of allylic oxidation sites excluding steroid dienone is 1. The molecule has 3 nitrogen and oxygen atoms in total. The number of hydrogen-bond acceptors (Lipinski definition) is 3. The second-order valence-electron chi connectivity index (χ2n) is 5.80. The van der Waals surface area contributed by atoms with E-state index in [2.05, 4.69) is 22.9 Å². The number of rotatable bonds is 3. The van der Waals surface area contributed by atoms with Gasteiger partial charge in [-0.25, -0.2) is 0 Å². The first-order valence-electron chi connectivity index (χ1n) is 7.27. The number of aryl methyl sites for hydroxylation is 1. The highest BCUT2D eigenvalue weighted by molar-refractivity contribution is 5.22. The lowest BCUT2D eigenvalue weighted by Crippen LogP contribution is -2.49. The van der Waals surface area contributed by atoms with Gasteiger partial charge in [-0.1, -0.05) is 11.6 Å². The van der Waals surface area contributed by atoms with E-state index in [9.17, 15) is 5.11 Å². The standard InChI is InChI=1S/C16H22N2O/c1-12(4-5-13-3-2-8-17-11-13)15-16(19)14-6-9-18(15)10-7-14/h2-3,8,11,14,16,19H,4-7,9-10H2,1H3. The molecular formula is C16H22N2O. The molecule has 1 unspecified atom stereocenters. The largest absolute Gasteiger partial charge is 0.387 e. The topological polar surface area (TPSA) is 36.4 Å². The Hall–Kier alpha value is -1.35. The number of piperidine rings is 3. The van der Waals surface area contributed by atoms with Crippen LogP contribution in [0, 0.1) is 5.92 Å². The van der Waals surface area contributed by atoms with Crippen molar-refractivity contribution in [3.63, 3.8) is 0 Å². The fourth-order valence-corrected chi connectivity index (χ4v) is 3.39. The summed E-state index contributed by atoms with van der Waals surface area (Å²) in [5.74, 6) is 0.494. The summed E-state index contributed by atoms with van der Waals surface area (Å²) in [5, 5.41) is 10.4. The number of nitrogens with zero attached hydrogens (tertiary/aromatic N) is 2. The van der Waals surface area contributed by atoms with Gasteiger partial charge in [-0.2, -0.15) is 0 Å². The molecule has 3 heteroatoms. The van der Waals surface area contributed by atoms with E-state index in [1.165, 1.54) is 16.8 Å². The van der Waals surface area contributed by atoms with Crippen LogP contribution in [-0.4, -0.2) is 34.2 Å². The van der Waals surface area contributed by atoms with Crippen molar-refractivity contribution in [1.82, 2.24) is 9.88 Å². The van der Waals surface area contributed by atoms with Crippen molar-refractivity contribution in [1.29, 1.82) is 0 Å². The Morgan fingerprint density at radius 2 is 2.21 bits per heavy atom. The van der Waals surface area contributed by atoms with Crippen LogP contribution >= 0.6 is 0 Å². The Morgan fingerprint density at radius 1 is 1.42 bits per heavy atom. The second kappa shape index (κ2) is 5.33. The minimum absolute atomic E-state index is 0.226. The summed E-state index contributed by atoms with van der Waals surface area (Å²) in [6.07, 6.45) is 7.85. The Kier molecular flexibility index (Phi) is 3.56. The molecule has 4 heterocycles. The van der Waals surface area contributed by atoms with Gasteiger partial charge in [-0.3, -0.25) is 4.98 Å². The van der Waals surface area contributed by atoms with Gasteiger partial charge in [0.15, 0.2) is 0 Å². The maximum Gasteiger partial charge on any atom is 0.0965 e. The molecule has 0 spiro atoms. The highest BCUT2D eigenvalue weighted by Gasteiger charge is 2.37. The van der Waals surface area contributed by atoms with Crippen LogP contribution < -0.4 is 0 Å². The van der Waals surface area contributed by atoms with Gasteiger partial charge in [0.1, 0.15) is 0 Å². The van der Waals surface area contributed by atoms with E-state index in [0.29, 0.717) is 5.92 Å². The van der Waals surface area contributed by atoms with E-state index in [1.807, 2.05) is 18.5 Å². The van der Waals surface area contributed by atoms with E-state index in [1.54, 1.807) is 0 Å². The number of pyridine rings is 1. The van der Waals surface area contributed by atoms with Crippen LogP contribution in [0.15, 0.2) is 35.8 Å². The lowest BCUT2D eigenvalue weighted by Gasteiger charge is -2.46. The molecule has 0 amide bonds. The summed E-state index contributed by atoms with van der Waals surface area (Å²) in [7, 11) is 0. The van der Waals surface area contributed by atoms with Gasteiger partial charge < -0.3 is 10.0 Å². The number of aliphatic hydroxyl groups is 1. The number of fused-ring (bicyclic) bond motifs is 3. The molecule has 2 bridgehead atoms. The molecular weight excluding hydrogens is 236 g/mol. The summed E-state index contributed by atoms with van der Waals surface area (Å²) in [4.78, 5) is 6.54. The van der Waals surface area contributed by atoms with Gasteiger partial charge in [0.05, 0.1) is 6.10 Å². The van der Waals surface area contributed by atoms with Crippen LogP contribution in [0.5, 0.6) is 0 Å². The molecule has 1 N–H and O–H groups in total. The highest BCUT2D eigenvalue weighted by Crippen LogP contribution is 2.36. The minimum atomic E-state index is -0.226. The van der Waals surface area contributed by atoms with Crippen molar-refractivity contribution in [2.75, 3.05) is 13.1 Å². The van der Waals surface area contributed by atoms with Crippen molar-refractivity contribution >= 4 is 0 Å². The SMILES string of the molecule is CC(CCc1cccnc1)=C1C(O)C2CCN1CC2. The Bertz CT molecular complexity index is 457. The molecule has 0 saturated carbocycles. The third kappa shape index (κ3) is 2.52. The third-order valence-electron chi connectivity index (χ3n) is 4.56. The van der Waals surface area contributed by atoms with Crippen molar-refractivity contribution in [3.8, 4) is 0 Å². The molecule has 1 aromatic rings. The number of aliphatic hydroxyl groups excluding tert-OH is 1. The monoisotopic (exact) mass is 258 g/mol. The van der Waals surface area contributed by atoms with E-state index in [4.69, 9.17) is 0 Å². The third-order valence-corrected chi connectivity index (χ3v) is 4.56. The lowest BCUT2D eigenvalue weighted by molar-refractivity contribution is 0.0177. The van der Waals surface area contributed by atoms with E-state index in [-0.39, 0.29) is 6.10 Å². The van der Waals surface area contributed by atoms with Crippen LogP contribution in [-0.2, 0) is 6.42 Å². The first-order chi connectivity index (χ1) is 9.25. The molecule has 4 rings (SSSR count). The zero-order valence-electron chi connectivity index (χ0n) is 11.5. The van der Waals surface area contributed by atoms with Gasteiger partial charge in [0, 0.05) is 31.2 Å². The van der Waals surface area contributed by atoms with Gasteiger partial charge in [0.25, 0.3) is 0 Å². The van der Waals surface area contributed by atoms with Crippen LogP contribution in [0.1, 0.15) is 31.7 Å². The molecule has 1 atom stereocenters. The Balaban J connectivity index is 1.71. The molecule has 19 heavy (non-hydrogen) atoms. The van der Waals surface area contributed by atoms with E-state index < -0.39 is 0 Å². The minimum Gasteiger partial charge on any atom is -0.387 e. The molecule has 1 aromatic heterocycles. The average molecular weight is 258 g/mol. The number of hydrogen-bond donors (Lipinski definition) is 1. The normalized spacial score (nSPS) is 28.6. The fraction of sp³-hybridized carbons (Fsp3) is 0.562. The highest BCUT2D eigenvalue weighted by atomic mass is 16.3. The van der Waals surface area contributed by atoms with Crippen molar-refractivity contribution in [2.45, 2.75) is 38.7 Å². The summed E-state index contributed by atoms with van der Waals surface area (Å²) in [5.41, 5.74) is 3.83. The maximum absolute atomic E-state index is 10.4. The predicted molar refractivity (Wildman–Crippen MR) is 75.6 cm³/mol. The molecule has 0 aromatic carbocycles. The molecule has 3 aliphatic rings. The van der Waals surface area contributed by atoms with Gasteiger partial charge in [-0.05, 0) is 50.2 Å². The molecule has 102 valence electrons. The summed E-state index contributed by atoms with van der Waals surface area (Å²) >= 11 is 0. The van der Waals surface area contributed by atoms with Gasteiger partial charge in [0.2, 0.25) is 0 Å². The van der Waals surface area contributed by atoms with Crippen molar-refractivity contribution in [3.05, 3.63) is 41.4 Å². The molecule has 3 saturated heterocycles. The summed E-state index contributed by atoms with van der Waals surface area (Å²) < 4.78 is 0. The number of aromatic nitrogens is 1. The second-order valence-corrected chi connectivity index (χ2v) is 5.80. The fourth-order valence-electron chi connectivity index (χ4n) is 3.39. The van der Waals surface area contributed by atoms with Crippen LogP contribution in [0.4, 0.5) is 0 Å². The average Bonchev–Trinajstić information content (AvgIpc) is 2.47. The quantitative estimate of drug-likeness (QED) is 0.904. The van der Waals surface area contributed by atoms with Crippen LogP contribution in [0.2, 0.25) is 0 Å². The first-order valence-corrected chi connectivity index (χ1v) is 7.27. The predicted octanol–water partition coefficient (Wildman–Crippen LogP) is 2.37. The zero-order chi connectivity index (χ0) is 13.2. The lowest BCUT2D eigenvalue weighted by atomic mass is 9.81. The Morgan fingerprint density at radius 3 is 2.84 bits per heavy atom. The van der Waals surface area contributed by atoms with Gasteiger partial charge >= 0.3 is 0 Å². The maximum atomic E-state index is 10.4. The van der Waals surface area contributed by atoms with Crippen molar-refractivity contribution < 1.29 is 5.11 Å². The van der Waals surface area contributed by atoms with Gasteiger partial charge in [-0.15, -0.1) is 0 Å². The smallest absolute Gasteiger partial charge is 0.0965 e. The summed E-state index contributed by atoms with van der Waals surface area (Å²) in [6, 6.07) is 4.10. The molecule has 3 aliphatic heterocycles. The van der Waals surface area contributed by atoms with Crippen molar-refractivity contribution in [2.24, 2.45) is 5.92 Å².